The van der Waals surface area contributed by atoms with Gasteiger partial charge in [0.1, 0.15) is 5.92 Å². The van der Waals surface area contributed by atoms with E-state index in [4.69, 9.17) is 25.0 Å². The summed E-state index contributed by atoms with van der Waals surface area (Å²) in [7, 11) is 1.29. The summed E-state index contributed by atoms with van der Waals surface area (Å²) < 4.78 is 5.17. The van der Waals surface area contributed by atoms with Crippen LogP contribution < -0.4 is 25.7 Å². The molecule has 9 nitrogen and oxygen atoms in total. The van der Waals surface area contributed by atoms with E-state index >= 15 is 0 Å². The summed E-state index contributed by atoms with van der Waals surface area (Å²) in [5, 5.41) is 27.9. The van der Waals surface area contributed by atoms with Gasteiger partial charge in [-0.15, -0.1) is 33.5 Å². The predicted molar refractivity (Wildman–Crippen MR) is 173 cm³/mol. The number of carboxylic acids is 1. The maximum Gasteiger partial charge on any atom is 2.00 e. The third kappa shape index (κ3) is 5.12. The molecule has 0 aromatic carbocycles. The molecule has 1 aliphatic carbocycles. The van der Waals surface area contributed by atoms with Gasteiger partial charge in [0.15, 0.2) is 0 Å². The number of aromatic nitrogens is 3. The fourth-order valence-electron chi connectivity index (χ4n) is 7.12. The molecule has 0 spiro atoms. The van der Waals surface area contributed by atoms with Gasteiger partial charge in [0, 0.05) is 6.42 Å². The summed E-state index contributed by atoms with van der Waals surface area (Å²) in [5.41, 5.74) is 9.77. The standard InChI is InChI=1S/C35H36N4O5.Mg/c1-8-19-15(3)22-12-24-17(5)21(10-11-28(40)41)32(38-24)30-31(35(43)44-7)34(42)29-18(6)25(39-33(29)30)14-27-20(9-2)16(4)23(37-27)13-26(19)36-22;/h8,12-14,17,21,31,34,42H,1,9-11H2,2-7H3,(H,40,41);/q-4;+2/b23-13-,24-12-,27-14-,32-30-;/t17-,21-,31+,34?;/m0./s1. The number of carbonyl (C=O) groups is 2. The smallest absolute Gasteiger partial charge is 0.664 e. The zero-order valence-electron chi connectivity index (χ0n) is 26.6. The fraction of sp³-hybridized carbons (Fsp3) is 0.371. The van der Waals surface area contributed by atoms with Crippen LogP contribution in [0.3, 0.4) is 0 Å². The van der Waals surface area contributed by atoms with Crippen LogP contribution >= 0.6 is 0 Å². The topological polar surface area (TPSA) is 140 Å². The maximum atomic E-state index is 13.2. The van der Waals surface area contributed by atoms with Gasteiger partial charge in [0.05, 0.1) is 13.2 Å². The van der Waals surface area contributed by atoms with E-state index in [1.165, 1.54) is 7.11 Å². The second kappa shape index (κ2) is 12.2. The molecule has 3 aromatic heterocycles. The van der Waals surface area contributed by atoms with E-state index in [-0.39, 0.29) is 41.3 Å². The Morgan fingerprint density at radius 1 is 1.00 bits per heavy atom. The first-order valence-corrected chi connectivity index (χ1v) is 15.0. The Morgan fingerprint density at radius 2 is 1.69 bits per heavy atom. The average molecular weight is 617 g/mol. The molecule has 0 amide bonds. The third-order valence-electron chi connectivity index (χ3n) is 9.61. The third-order valence-corrected chi connectivity index (χ3v) is 9.61. The Balaban J connectivity index is 0.00000400. The number of hydrogen-bond donors (Lipinski definition) is 2. The fourth-order valence-corrected chi connectivity index (χ4v) is 7.12. The van der Waals surface area contributed by atoms with Crippen LogP contribution in [0.2, 0.25) is 0 Å². The average Bonchev–Trinajstić information content (AvgIpc) is 3.72. The van der Waals surface area contributed by atoms with Gasteiger partial charge < -0.3 is 35.2 Å². The van der Waals surface area contributed by atoms with E-state index in [1.54, 1.807) is 6.08 Å². The van der Waals surface area contributed by atoms with E-state index in [9.17, 15) is 19.8 Å². The molecule has 5 heterocycles. The molecular weight excluding hydrogens is 581 g/mol. The van der Waals surface area contributed by atoms with Gasteiger partial charge in [-0.05, 0) is 56.6 Å². The van der Waals surface area contributed by atoms with Crippen LogP contribution in [0.4, 0.5) is 0 Å². The number of fused-ring (bicyclic) bond motifs is 7. The molecule has 0 saturated carbocycles. The predicted octanol–water partition coefficient (Wildman–Crippen LogP) is 3.37. The first-order chi connectivity index (χ1) is 21.0. The van der Waals surface area contributed by atoms with Crippen LogP contribution in [0.1, 0.15) is 88.9 Å². The largest absolute Gasteiger partial charge is 2.00 e. The Bertz CT molecular complexity index is 1920. The quantitative estimate of drug-likeness (QED) is 0.317. The molecule has 10 heteroatoms. The number of allylic oxidation sites excluding steroid dienone is 2. The van der Waals surface area contributed by atoms with E-state index in [2.05, 4.69) is 20.4 Å². The first kappa shape index (κ1) is 32.7. The zero-order valence-corrected chi connectivity index (χ0v) is 28.0. The van der Waals surface area contributed by atoms with Crippen LogP contribution in [-0.4, -0.2) is 52.3 Å². The molecular formula is C35H36MgN4O5-2. The number of aliphatic hydroxyl groups is 1. The number of aliphatic hydroxyl groups excluding tert-OH is 1. The summed E-state index contributed by atoms with van der Waals surface area (Å²) in [5.74, 6) is -3.05. The Kier molecular flexibility index (Phi) is 8.87. The molecule has 2 N–H and O–H groups in total. The maximum absolute atomic E-state index is 13.2. The summed E-state index contributed by atoms with van der Waals surface area (Å²) in [4.78, 5) is 40.0. The zero-order chi connectivity index (χ0) is 31.6. The van der Waals surface area contributed by atoms with Gasteiger partial charge in [-0.25, -0.2) is 0 Å². The number of carboxylic acid groups (broad SMARTS) is 1. The molecule has 0 radical (unpaired) electrons. The van der Waals surface area contributed by atoms with Gasteiger partial charge in [-0.3, -0.25) is 9.59 Å². The van der Waals surface area contributed by atoms with Crippen molar-refractivity contribution in [1.29, 1.82) is 0 Å². The normalized spacial score (nSPS) is 25.6. The second-order valence-electron chi connectivity index (χ2n) is 11.9. The molecule has 4 atom stereocenters. The minimum absolute atomic E-state index is 0. The Hall–Kier alpha value is -3.73. The molecule has 8 bridgehead atoms. The molecule has 3 aromatic rings. The van der Waals surface area contributed by atoms with Crippen LogP contribution in [0.5, 0.6) is 0 Å². The van der Waals surface area contributed by atoms with Gasteiger partial charge in [0.2, 0.25) is 0 Å². The Labute approximate surface area is 278 Å². The number of methoxy groups -OCH3 is 1. The van der Waals surface area contributed by atoms with Crippen molar-refractivity contribution in [3.05, 3.63) is 90.1 Å². The summed E-state index contributed by atoms with van der Waals surface area (Å²) in [6.07, 6.45) is 7.48. The van der Waals surface area contributed by atoms with Gasteiger partial charge >= 0.3 is 35.0 Å². The monoisotopic (exact) mass is 616 g/mol. The SMILES string of the molecule is C=Cc1c2[n-]c(c1C)/C=C1\[N-]/C(=C3\c4[n-]c(c(C)c4C(O)[C@@H]3C(=O)OC)/C=c3\[n-]/c(c(C)c3CC)=C\2)[C@@H](CCC(=O)O)[C@@H]1C.[Mg+2]. The van der Waals surface area contributed by atoms with E-state index in [0.717, 1.165) is 62.0 Å². The van der Waals surface area contributed by atoms with E-state index in [0.29, 0.717) is 34.6 Å². The van der Waals surface area contributed by atoms with Crippen LogP contribution in [0, 0.1) is 38.5 Å². The summed E-state index contributed by atoms with van der Waals surface area (Å²) >= 11 is 0. The molecule has 1 fully saturated rings. The van der Waals surface area contributed by atoms with Crippen molar-refractivity contribution >= 4 is 64.9 Å². The van der Waals surface area contributed by atoms with Crippen LogP contribution in [0.15, 0.2) is 18.0 Å². The number of carbonyl (C=O) groups excluding carboxylic acids is 1. The number of ether oxygens (including phenoxy) is 1. The number of hydrogen-bond acceptors (Lipinski definition) is 4. The number of esters is 1. The minimum Gasteiger partial charge on any atom is -0.664 e. The summed E-state index contributed by atoms with van der Waals surface area (Å²) in [6.45, 7) is 14.1. The first-order valence-electron chi connectivity index (χ1n) is 15.0. The van der Waals surface area contributed by atoms with Gasteiger partial charge in [-0.1, -0.05) is 72.6 Å². The molecule has 230 valence electrons. The van der Waals surface area contributed by atoms with Crippen molar-refractivity contribution in [2.75, 3.05) is 7.11 Å². The summed E-state index contributed by atoms with van der Waals surface area (Å²) in [6, 6.07) is 0. The Morgan fingerprint density at radius 3 is 2.33 bits per heavy atom. The number of aliphatic carboxylic acids is 1. The molecule has 45 heavy (non-hydrogen) atoms. The van der Waals surface area contributed by atoms with E-state index in [1.807, 2.05) is 39.0 Å². The minimum atomic E-state index is -1.19. The van der Waals surface area contributed by atoms with Gasteiger partial charge in [0.25, 0.3) is 0 Å². The second-order valence-corrected chi connectivity index (χ2v) is 11.9. The van der Waals surface area contributed by atoms with E-state index < -0.39 is 24.0 Å². The van der Waals surface area contributed by atoms with Crippen LogP contribution in [-0.2, 0) is 20.7 Å². The van der Waals surface area contributed by atoms with Crippen molar-refractivity contribution in [1.82, 2.24) is 15.0 Å². The molecule has 1 unspecified atom stereocenters. The molecule has 3 aliphatic rings. The molecule has 1 saturated heterocycles. The molecule has 2 aliphatic heterocycles. The molecule has 6 rings (SSSR count). The van der Waals surface area contributed by atoms with Crippen LogP contribution in [0.25, 0.3) is 35.2 Å². The van der Waals surface area contributed by atoms with Crippen molar-refractivity contribution in [2.45, 2.75) is 60.0 Å². The van der Waals surface area contributed by atoms with Crippen molar-refractivity contribution in [3.63, 3.8) is 0 Å². The van der Waals surface area contributed by atoms with Crippen molar-refractivity contribution < 1.29 is 24.5 Å². The number of nitrogens with zero attached hydrogens (tertiary/aromatic N) is 4. The van der Waals surface area contributed by atoms with Crippen molar-refractivity contribution in [3.8, 4) is 0 Å². The number of rotatable bonds is 6. The van der Waals surface area contributed by atoms with Crippen molar-refractivity contribution in [2.24, 2.45) is 17.8 Å². The van der Waals surface area contributed by atoms with Gasteiger partial charge in [-0.2, -0.15) is 11.4 Å².